The zero-order valence-corrected chi connectivity index (χ0v) is 16.6. The van der Waals surface area contributed by atoms with Crippen LogP contribution in [0.2, 0.25) is 0 Å². The van der Waals surface area contributed by atoms with E-state index in [1.165, 1.54) is 26.6 Å². The smallest absolute Gasteiger partial charge is 0.268 e. The third-order valence-corrected chi connectivity index (χ3v) is 4.29. The van der Waals surface area contributed by atoms with Gasteiger partial charge in [-0.3, -0.25) is 9.59 Å². The molecule has 2 aromatic rings. The van der Waals surface area contributed by atoms with E-state index in [0.717, 1.165) is 12.8 Å². The average molecular weight is 386 g/mol. The molecule has 0 saturated heterocycles. The summed E-state index contributed by atoms with van der Waals surface area (Å²) in [6.45, 7) is 3.99. The van der Waals surface area contributed by atoms with Crippen molar-refractivity contribution in [2.45, 2.75) is 32.7 Å². The van der Waals surface area contributed by atoms with Gasteiger partial charge < -0.3 is 24.5 Å². The Morgan fingerprint density at radius 2 is 1.82 bits per heavy atom. The van der Waals surface area contributed by atoms with E-state index in [-0.39, 0.29) is 17.6 Å². The number of furan rings is 1. The lowest BCUT2D eigenvalue weighted by atomic mass is 10.1. The number of hydrogen-bond acceptors (Lipinski definition) is 5. The van der Waals surface area contributed by atoms with Crippen molar-refractivity contribution < 1.29 is 23.5 Å². The molecule has 0 aliphatic heterocycles. The number of methoxy groups -OCH3 is 2. The molecule has 7 heteroatoms. The van der Waals surface area contributed by atoms with Crippen LogP contribution in [-0.4, -0.2) is 32.1 Å². The van der Waals surface area contributed by atoms with Crippen LogP contribution in [0.25, 0.3) is 6.08 Å². The Balaban J connectivity index is 2.27. The SMILES string of the molecule is CCC(CC)NC(=O)/C(=C/c1ccco1)NC(=O)c1ccc(OC)c(OC)c1. The molecule has 0 aliphatic carbocycles. The molecule has 0 saturated carbocycles. The quantitative estimate of drug-likeness (QED) is 0.645. The second kappa shape index (κ2) is 10.2. The van der Waals surface area contributed by atoms with E-state index < -0.39 is 5.91 Å². The fraction of sp³-hybridized carbons (Fsp3) is 0.333. The molecule has 2 N–H and O–H groups in total. The van der Waals surface area contributed by atoms with Gasteiger partial charge in [-0.15, -0.1) is 0 Å². The van der Waals surface area contributed by atoms with Gasteiger partial charge in [0.25, 0.3) is 11.8 Å². The second-order valence-corrected chi connectivity index (χ2v) is 6.08. The molecule has 2 rings (SSSR count). The fourth-order valence-electron chi connectivity index (χ4n) is 2.60. The van der Waals surface area contributed by atoms with E-state index >= 15 is 0 Å². The third kappa shape index (κ3) is 5.39. The van der Waals surface area contributed by atoms with Gasteiger partial charge >= 0.3 is 0 Å². The van der Waals surface area contributed by atoms with E-state index in [0.29, 0.717) is 22.8 Å². The highest BCUT2D eigenvalue weighted by molar-refractivity contribution is 6.05. The van der Waals surface area contributed by atoms with Crippen LogP contribution in [0.4, 0.5) is 0 Å². The van der Waals surface area contributed by atoms with Crippen molar-refractivity contribution in [1.82, 2.24) is 10.6 Å². The molecular formula is C21H26N2O5. The summed E-state index contributed by atoms with van der Waals surface area (Å²) in [6, 6.07) is 8.21. The lowest BCUT2D eigenvalue weighted by molar-refractivity contribution is -0.118. The van der Waals surface area contributed by atoms with Gasteiger partial charge in [-0.2, -0.15) is 0 Å². The van der Waals surface area contributed by atoms with Crippen LogP contribution in [-0.2, 0) is 4.79 Å². The van der Waals surface area contributed by atoms with Crippen LogP contribution < -0.4 is 20.1 Å². The lowest BCUT2D eigenvalue weighted by Crippen LogP contribution is -2.40. The molecule has 2 amide bonds. The van der Waals surface area contributed by atoms with E-state index in [1.54, 1.807) is 30.3 Å². The molecular weight excluding hydrogens is 360 g/mol. The maximum Gasteiger partial charge on any atom is 0.268 e. The number of carbonyl (C=O) groups excluding carboxylic acids is 2. The van der Waals surface area contributed by atoms with Gasteiger partial charge in [0.05, 0.1) is 20.5 Å². The number of carbonyl (C=O) groups is 2. The Morgan fingerprint density at radius 3 is 2.39 bits per heavy atom. The predicted molar refractivity (Wildman–Crippen MR) is 106 cm³/mol. The van der Waals surface area contributed by atoms with E-state index in [1.807, 2.05) is 13.8 Å². The van der Waals surface area contributed by atoms with Gasteiger partial charge in [0.2, 0.25) is 0 Å². The monoisotopic (exact) mass is 386 g/mol. The number of hydrogen-bond donors (Lipinski definition) is 2. The number of rotatable bonds is 9. The Morgan fingerprint density at radius 1 is 1.11 bits per heavy atom. The lowest BCUT2D eigenvalue weighted by Gasteiger charge is -2.17. The number of ether oxygens (including phenoxy) is 2. The molecule has 150 valence electrons. The largest absolute Gasteiger partial charge is 0.493 e. The highest BCUT2D eigenvalue weighted by Crippen LogP contribution is 2.27. The molecule has 28 heavy (non-hydrogen) atoms. The first-order valence-electron chi connectivity index (χ1n) is 9.11. The highest BCUT2D eigenvalue weighted by Gasteiger charge is 2.18. The Labute approximate surface area is 164 Å². The van der Waals surface area contributed by atoms with Crippen LogP contribution in [0.3, 0.4) is 0 Å². The Bertz CT molecular complexity index is 823. The minimum absolute atomic E-state index is 0.0190. The molecule has 0 fully saturated rings. The van der Waals surface area contributed by atoms with Crippen molar-refractivity contribution in [2.75, 3.05) is 14.2 Å². The summed E-state index contributed by atoms with van der Waals surface area (Å²) in [7, 11) is 3.01. The summed E-state index contributed by atoms with van der Waals surface area (Å²) < 4.78 is 15.7. The van der Waals surface area contributed by atoms with Crippen molar-refractivity contribution in [3.8, 4) is 11.5 Å². The van der Waals surface area contributed by atoms with E-state index in [9.17, 15) is 9.59 Å². The van der Waals surface area contributed by atoms with Gasteiger partial charge in [-0.25, -0.2) is 0 Å². The second-order valence-electron chi connectivity index (χ2n) is 6.08. The van der Waals surface area contributed by atoms with Gasteiger partial charge in [-0.1, -0.05) is 13.8 Å². The van der Waals surface area contributed by atoms with E-state index in [4.69, 9.17) is 13.9 Å². The van der Waals surface area contributed by atoms with Crippen molar-refractivity contribution in [3.05, 3.63) is 53.6 Å². The van der Waals surface area contributed by atoms with Gasteiger partial charge in [0.15, 0.2) is 11.5 Å². The predicted octanol–water partition coefficient (Wildman–Crippen LogP) is 3.37. The van der Waals surface area contributed by atoms with Crippen molar-refractivity contribution in [1.29, 1.82) is 0 Å². The molecule has 0 radical (unpaired) electrons. The normalized spacial score (nSPS) is 11.2. The molecule has 0 aliphatic rings. The first kappa shape index (κ1) is 21.1. The molecule has 0 bridgehead atoms. The van der Waals surface area contributed by atoms with Gasteiger partial charge in [0.1, 0.15) is 11.5 Å². The first-order chi connectivity index (χ1) is 13.5. The number of amides is 2. The van der Waals surface area contributed by atoms with Gasteiger partial charge in [0, 0.05) is 17.7 Å². The third-order valence-electron chi connectivity index (χ3n) is 4.29. The first-order valence-corrected chi connectivity index (χ1v) is 9.11. The summed E-state index contributed by atoms with van der Waals surface area (Å²) in [6.07, 6.45) is 4.58. The zero-order chi connectivity index (χ0) is 20.5. The van der Waals surface area contributed by atoms with Crippen molar-refractivity contribution in [2.24, 2.45) is 0 Å². The van der Waals surface area contributed by atoms with Crippen LogP contribution in [0.5, 0.6) is 11.5 Å². The maximum absolute atomic E-state index is 12.7. The summed E-state index contributed by atoms with van der Waals surface area (Å²) in [5, 5.41) is 5.59. The standard InChI is InChI=1S/C21H26N2O5/c1-5-15(6-2)22-21(25)17(13-16-8-7-11-28-16)23-20(24)14-9-10-18(26-3)19(12-14)27-4/h7-13,15H,5-6H2,1-4H3,(H,22,25)(H,23,24)/b17-13-. The molecule has 1 aromatic heterocycles. The summed E-state index contributed by atoms with van der Waals surface area (Å²) in [5.74, 6) is 0.574. The van der Waals surface area contributed by atoms with Crippen LogP contribution >= 0.6 is 0 Å². The molecule has 0 unspecified atom stereocenters. The minimum Gasteiger partial charge on any atom is -0.493 e. The molecule has 1 heterocycles. The highest BCUT2D eigenvalue weighted by atomic mass is 16.5. The Hall–Kier alpha value is -3.22. The topological polar surface area (TPSA) is 89.8 Å². The fourth-order valence-corrected chi connectivity index (χ4v) is 2.60. The zero-order valence-electron chi connectivity index (χ0n) is 16.6. The van der Waals surface area contributed by atoms with E-state index in [2.05, 4.69) is 10.6 Å². The maximum atomic E-state index is 12.7. The summed E-state index contributed by atoms with van der Waals surface area (Å²) >= 11 is 0. The number of nitrogens with one attached hydrogen (secondary N) is 2. The van der Waals surface area contributed by atoms with Crippen molar-refractivity contribution >= 4 is 17.9 Å². The molecule has 1 aromatic carbocycles. The Kier molecular flexibility index (Phi) is 7.68. The minimum atomic E-state index is -0.446. The van der Waals surface area contributed by atoms with Gasteiger partial charge in [-0.05, 0) is 43.2 Å². The van der Waals surface area contributed by atoms with Crippen LogP contribution in [0.15, 0.2) is 46.7 Å². The summed E-state index contributed by atoms with van der Waals surface area (Å²) in [5.41, 5.74) is 0.431. The van der Waals surface area contributed by atoms with Crippen LogP contribution in [0, 0.1) is 0 Å². The molecule has 0 atom stereocenters. The van der Waals surface area contributed by atoms with Crippen LogP contribution in [0.1, 0.15) is 42.8 Å². The average Bonchev–Trinajstić information content (AvgIpc) is 3.23. The van der Waals surface area contributed by atoms with Crippen molar-refractivity contribution in [3.63, 3.8) is 0 Å². The number of benzene rings is 1. The molecule has 0 spiro atoms. The molecule has 7 nitrogen and oxygen atoms in total. The summed E-state index contributed by atoms with van der Waals surface area (Å²) in [4.78, 5) is 25.4.